The number of hydrogen-bond donors (Lipinski definition) is 2. The van der Waals surface area contributed by atoms with Gasteiger partial charge in [0.2, 0.25) is 0 Å². The molecule has 1 amide bonds. The van der Waals surface area contributed by atoms with Gasteiger partial charge in [-0.25, -0.2) is 4.79 Å². The summed E-state index contributed by atoms with van der Waals surface area (Å²) < 4.78 is 4.58. The molecule has 5 nitrogen and oxygen atoms in total. The minimum Gasteiger partial charge on any atom is -0.507 e. The Morgan fingerprint density at radius 3 is 2.30 bits per heavy atom. The Morgan fingerprint density at radius 2 is 1.70 bits per heavy atom. The van der Waals surface area contributed by atoms with Crippen molar-refractivity contribution in [2.45, 2.75) is 0 Å². The first kappa shape index (κ1) is 13.6. The largest absolute Gasteiger partial charge is 0.507 e. The highest BCUT2D eigenvalue weighted by atomic mass is 16.5. The van der Waals surface area contributed by atoms with E-state index in [1.54, 1.807) is 36.4 Å². The Bertz CT molecular complexity index is 635. The van der Waals surface area contributed by atoms with Crippen LogP contribution >= 0.6 is 0 Å². The Balaban J connectivity index is 2.13. The van der Waals surface area contributed by atoms with E-state index >= 15 is 0 Å². The van der Waals surface area contributed by atoms with Crippen LogP contribution in [0.25, 0.3) is 0 Å². The van der Waals surface area contributed by atoms with Crippen LogP contribution in [-0.2, 0) is 4.74 Å². The number of benzene rings is 2. The molecule has 0 aromatic heterocycles. The molecule has 5 heteroatoms. The quantitative estimate of drug-likeness (QED) is 0.841. The Labute approximate surface area is 115 Å². The number of phenols is 1. The zero-order valence-electron chi connectivity index (χ0n) is 10.8. The summed E-state index contributed by atoms with van der Waals surface area (Å²) in [4.78, 5) is 23.2. The van der Waals surface area contributed by atoms with E-state index in [0.29, 0.717) is 11.3 Å². The number of anilines is 1. The summed E-state index contributed by atoms with van der Waals surface area (Å²) in [6.45, 7) is 0. The van der Waals surface area contributed by atoms with Crippen LogP contribution in [0.4, 0.5) is 5.69 Å². The van der Waals surface area contributed by atoms with Gasteiger partial charge in [-0.3, -0.25) is 4.79 Å². The van der Waals surface area contributed by atoms with Gasteiger partial charge in [-0.05, 0) is 36.4 Å². The standard InChI is InChI=1S/C15H13NO4/c1-20-15(19)10-6-8-11(9-7-10)16-14(18)12-4-2-3-5-13(12)17/h2-9,17H,1H3,(H,16,18). The summed E-state index contributed by atoms with van der Waals surface area (Å²) in [7, 11) is 1.30. The Kier molecular flexibility index (Phi) is 4.00. The zero-order valence-corrected chi connectivity index (χ0v) is 10.8. The second-order valence-corrected chi connectivity index (χ2v) is 4.04. The third-order valence-electron chi connectivity index (χ3n) is 2.71. The van der Waals surface area contributed by atoms with E-state index < -0.39 is 11.9 Å². The number of methoxy groups -OCH3 is 1. The lowest BCUT2D eigenvalue weighted by Crippen LogP contribution is -2.12. The van der Waals surface area contributed by atoms with Crippen molar-refractivity contribution in [3.63, 3.8) is 0 Å². The zero-order chi connectivity index (χ0) is 14.5. The summed E-state index contributed by atoms with van der Waals surface area (Å²) in [5.74, 6) is -0.950. The van der Waals surface area contributed by atoms with Gasteiger partial charge in [-0.1, -0.05) is 12.1 Å². The van der Waals surface area contributed by atoms with Gasteiger partial charge in [0.1, 0.15) is 5.75 Å². The molecular formula is C15H13NO4. The lowest BCUT2D eigenvalue weighted by atomic mass is 10.1. The fraction of sp³-hybridized carbons (Fsp3) is 0.0667. The predicted octanol–water partition coefficient (Wildman–Crippen LogP) is 2.43. The minimum atomic E-state index is -0.441. The smallest absolute Gasteiger partial charge is 0.337 e. The van der Waals surface area contributed by atoms with Crippen LogP contribution in [0.1, 0.15) is 20.7 Å². The molecule has 20 heavy (non-hydrogen) atoms. The molecule has 0 aliphatic rings. The van der Waals surface area contributed by atoms with Crippen molar-refractivity contribution in [2.24, 2.45) is 0 Å². The highest BCUT2D eigenvalue weighted by Crippen LogP contribution is 2.18. The fourth-order valence-corrected chi connectivity index (χ4v) is 1.67. The first-order chi connectivity index (χ1) is 9.61. The van der Waals surface area contributed by atoms with Gasteiger partial charge in [0.05, 0.1) is 18.2 Å². The molecular weight excluding hydrogens is 258 g/mol. The second-order valence-electron chi connectivity index (χ2n) is 4.04. The first-order valence-electron chi connectivity index (χ1n) is 5.89. The van der Waals surface area contributed by atoms with Crippen LogP contribution in [0.2, 0.25) is 0 Å². The average molecular weight is 271 g/mol. The van der Waals surface area contributed by atoms with Crippen LogP contribution in [0, 0.1) is 0 Å². The van der Waals surface area contributed by atoms with Crippen LogP contribution in [0.15, 0.2) is 48.5 Å². The lowest BCUT2D eigenvalue weighted by Gasteiger charge is -2.07. The molecule has 0 radical (unpaired) electrons. The number of nitrogens with one attached hydrogen (secondary N) is 1. The van der Waals surface area contributed by atoms with E-state index in [-0.39, 0.29) is 11.3 Å². The molecule has 0 spiro atoms. The van der Waals surface area contributed by atoms with Gasteiger partial charge in [0, 0.05) is 5.69 Å². The van der Waals surface area contributed by atoms with Crippen molar-refractivity contribution in [1.29, 1.82) is 0 Å². The maximum atomic E-state index is 11.9. The maximum Gasteiger partial charge on any atom is 0.337 e. The van der Waals surface area contributed by atoms with E-state index in [4.69, 9.17) is 0 Å². The molecule has 0 aliphatic heterocycles. The van der Waals surface area contributed by atoms with Crippen LogP contribution in [0.3, 0.4) is 0 Å². The SMILES string of the molecule is COC(=O)c1ccc(NC(=O)c2ccccc2O)cc1. The van der Waals surface area contributed by atoms with Crippen LogP contribution < -0.4 is 5.32 Å². The molecule has 0 bridgehead atoms. The number of hydrogen-bond acceptors (Lipinski definition) is 4. The third-order valence-corrected chi connectivity index (χ3v) is 2.71. The van der Waals surface area contributed by atoms with Crippen LogP contribution in [0.5, 0.6) is 5.75 Å². The number of rotatable bonds is 3. The molecule has 0 heterocycles. The topological polar surface area (TPSA) is 75.6 Å². The monoisotopic (exact) mass is 271 g/mol. The molecule has 2 aromatic carbocycles. The number of carbonyl (C=O) groups is 2. The lowest BCUT2D eigenvalue weighted by molar-refractivity contribution is 0.0600. The second kappa shape index (κ2) is 5.88. The predicted molar refractivity (Wildman–Crippen MR) is 73.8 cm³/mol. The first-order valence-corrected chi connectivity index (χ1v) is 5.89. The Hall–Kier alpha value is -2.82. The molecule has 0 atom stereocenters. The third kappa shape index (κ3) is 2.95. The summed E-state index contributed by atoms with van der Waals surface area (Å²) in [5.41, 5.74) is 1.10. The highest BCUT2D eigenvalue weighted by molar-refractivity contribution is 6.06. The minimum absolute atomic E-state index is 0.0869. The summed E-state index contributed by atoms with van der Waals surface area (Å²) in [6.07, 6.45) is 0. The van der Waals surface area contributed by atoms with Crippen molar-refractivity contribution in [2.75, 3.05) is 12.4 Å². The van der Waals surface area contributed by atoms with Crippen molar-refractivity contribution >= 4 is 17.6 Å². The molecule has 102 valence electrons. The van der Waals surface area contributed by atoms with E-state index in [1.165, 1.54) is 19.2 Å². The number of phenolic OH excluding ortho intramolecular Hbond substituents is 1. The molecule has 0 unspecified atom stereocenters. The number of esters is 1. The normalized spacial score (nSPS) is 9.85. The number of carbonyl (C=O) groups excluding carboxylic acids is 2. The molecule has 0 aliphatic carbocycles. The van der Waals surface area contributed by atoms with Crippen molar-refractivity contribution < 1.29 is 19.4 Å². The van der Waals surface area contributed by atoms with Crippen molar-refractivity contribution in [3.05, 3.63) is 59.7 Å². The summed E-state index contributed by atoms with van der Waals surface area (Å²) in [6, 6.07) is 12.5. The van der Waals surface area contributed by atoms with Crippen molar-refractivity contribution in [3.8, 4) is 5.75 Å². The summed E-state index contributed by atoms with van der Waals surface area (Å²) >= 11 is 0. The average Bonchev–Trinajstić information content (AvgIpc) is 2.47. The Morgan fingerprint density at radius 1 is 1.05 bits per heavy atom. The molecule has 2 N–H and O–H groups in total. The van der Waals surface area contributed by atoms with Gasteiger partial charge < -0.3 is 15.2 Å². The number of ether oxygens (including phenoxy) is 1. The molecule has 0 saturated heterocycles. The van der Waals surface area contributed by atoms with E-state index in [9.17, 15) is 14.7 Å². The molecule has 0 saturated carbocycles. The van der Waals surface area contributed by atoms with Gasteiger partial charge in [-0.2, -0.15) is 0 Å². The number of amides is 1. The molecule has 2 aromatic rings. The highest BCUT2D eigenvalue weighted by Gasteiger charge is 2.11. The summed E-state index contributed by atoms with van der Waals surface area (Å²) in [5, 5.41) is 12.2. The van der Waals surface area contributed by atoms with E-state index in [2.05, 4.69) is 10.1 Å². The number of para-hydroxylation sites is 1. The fourth-order valence-electron chi connectivity index (χ4n) is 1.67. The number of aromatic hydroxyl groups is 1. The van der Waals surface area contributed by atoms with Gasteiger partial charge in [0.15, 0.2) is 0 Å². The van der Waals surface area contributed by atoms with Gasteiger partial charge in [-0.15, -0.1) is 0 Å². The molecule has 2 rings (SSSR count). The van der Waals surface area contributed by atoms with Crippen LogP contribution in [-0.4, -0.2) is 24.1 Å². The van der Waals surface area contributed by atoms with E-state index in [0.717, 1.165) is 0 Å². The van der Waals surface area contributed by atoms with Gasteiger partial charge >= 0.3 is 5.97 Å². The molecule has 0 fully saturated rings. The van der Waals surface area contributed by atoms with Crippen molar-refractivity contribution in [1.82, 2.24) is 0 Å². The maximum absolute atomic E-state index is 11.9. The van der Waals surface area contributed by atoms with Gasteiger partial charge in [0.25, 0.3) is 5.91 Å². The van der Waals surface area contributed by atoms with E-state index in [1.807, 2.05) is 0 Å².